The van der Waals surface area contributed by atoms with Gasteiger partial charge in [0.1, 0.15) is 11.5 Å². The van der Waals surface area contributed by atoms with Gasteiger partial charge in [0.2, 0.25) is 23.6 Å². The number of carbonyl (C=O) groups excluding carboxylic acids is 5. The van der Waals surface area contributed by atoms with Crippen LogP contribution in [-0.2, 0) is 52.9 Å². The van der Waals surface area contributed by atoms with Crippen LogP contribution in [0.4, 0.5) is 5.69 Å². The van der Waals surface area contributed by atoms with Crippen molar-refractivity contribution < 1.29 is 56.8 Å². The van der Waals surface area contributed by atoms with Crippen molar-refractivity contribution in [3.8, 4) is 11.5 Å². The number of hydrogen-bond acceptors (Lipinski definition) is 12. The molecule has 3 saturated heterocycles. The molecule has 4 fully saturated rings. The van der Waals surface area contributed by atoms with Crippen LogP contribution in [0.15, 0.2) is 54.6 Å². The largest absolute Gasteiger partial charge is 0.494 e. The van der Waals surface area contributed by atoms with E-state index < -0.39 is 48.2 Å². The minimum atomic E-state index is -1.45. The number of imide groups is 1. The first-order chi connectivity index (χ1) is 31.2. The Balaban J connectivity index is 0.876. The van der Waals surface area contributed by atoms with Crippen molar-refractivity contribution in [3.63, 3.8) is 0 Å². The van der Waals surface area contributed by atoms with Crippen LogP contribution in [0.25, 0.3) is 0 Å². The number of esters is 1. The number of anilines is 1. The average molecular weight is 904 g/mol. The van der Waals surface area contributed by atoms with Gasteiger partial charge in [0.25, 0.3) is 0 Å². The zero-order valence-corrected chi connectivity index (χ0v) is 39.1. The Morgan fingerprint density at radius 1 is 0.712 bits per heavy atom. The van der Waals surface area contributed by atoms with Crippen molar-refractivity contribution in [2.24, 2.45) is 11.8 Å². The first-order valence-corrected chi connectivity index (χ1v) is 23.2. The molecule has 15 nitrogen and oxygen atoms in total. The topological polar surface area (TPSA) is 177 Å². The quantitative estimate of drug-likeness (QED) is 0.0986. The lowest BCUT2D eigenvalue weighted by Gasteiger charge is -2.37. The van der Waals surface area contributed by atoms with Gasteiger partial charge in [-0.1, -0.05) is 37.1 Å². The van der Waals surface area contributed by atoms with Crippen molar-refractivity contribution >= 4 is 60.4 Å². The third-order valence-electron chi connectivity index (χ3n) is 15.0. The fourth-order valence-electron chi connectivity index (χ4n) is 9.81. The summed E-state index contributed by atoms with van der Waals surface area (Å²) in [7, 11) is -1.36. The standard InChI is InChI=1S/C49H59B2N3O12/c1-45(2)46(3,4)64-50(63-45)30-13-17-35-38(25-30)61-39-26-31(51-65-47(5,6)48(7,8)66-51)14-18-36(39)49(35)37-27-32(15-16-33(37)44(59)62-49)53-41(56)20-23-60-24-21-52-40(55)19-22-54-42(57)28-34(43(54)58)29-11-9-10-12-29/h13-18,25-27,29,34H,9-12,19-24,28H2,1-8H3,(H,52,55)(H,53,56). The highest BCUT2D eigenvalue weighted by Gasteiger charge is 2.57. The molecule has 17 heteroatoms. The van der Waals surface area contributed by atoms with Gasteiger partial charge in [-0.15, -0.1) is 0 Å². The molecule has 348 valence electrons. The molecule has 0 aromatic heterocycles. The molecule has 3 aromatic rings. The van der Waals surface area contributed by atoms with E-state index in [9.17, 15) is 24.0 Å². The summed E-state index contributed by atoms with van der Waals surface area (Å²) in [6.07, 6.45) is 4.43. The minimum Gasteiger partial charge on any atom is -0.456 e. The molecule has 0 radical (unpaired) electrons. The molecule has 1 saturated carbocycles. The van der Waals surface area contributed by atoms with E-state index in [1.54, 1.807) is 18.2 Å². The van der Waals surface area contributed by atoms with E-state index in [4.69, 9.17) is 32.8 Å². The Labute approximate surface area is 386 Å². The van der Waals surface area contributed by atoms with Crippen LogP contribution in [0.3, 0.4) is 0 Å². The Hall–Kier alpha value is -5.06. The number of nitrogens with zero attached hydrogens (tertiary/aromatic N) is 1. The smallest absolute Gasteiger partial charge is 0.456 e. The zero-order valence-electron chi connectivity index (χ0n) is 39.1. The average Bonchev–Trinajstić information content (AvgIpc) is 4.04. The van der Waals surface area contributed by atoms with Crippen molar-refractivity contribution in [1.29, 1.82) is 0 Å². The molecule has 5 aliphatic heterocycles. The Kier molecular flexibility index (Phi) is 11.8. The molecule has 1 spiro atoms. The van der Waals surface area contributed by atoms with Crippen LogP contribution >= 0.6 is 0 Å². The number of amides is 4. The number of fused-ring (bicyclic) bond motifs is 6. The van der Waals surface area contributed by atoms with Crippen LogP contribution in [-0.4, -0.2) is 97.4 Å². The summed E-state index contributed by atoms with van der Waals surface area (Å²) < 4.78 is 44.5. The Morgan fingerprint density at radius 2 is 1.29 bits per heavy atom. The van der Waals surface area contributed by atoms with Crippen LogP contribution in [0.2, 0.25) is 0 Å². The highest BCUT2D eigenvalue weighted by atomic mass is 16.7. The molecule has 3 aromatic carbocycles. The fourth-order valence-corrected chi connectivity index (χ4v) is 9.81. The predicted octanol–water partition coefficient (Wildman–Crippen LogP) is 5.27. The number of rotatable bonds is 13. The first-order valence-electron chi connectivity index (χ1n) is 23.2. The highest BCUT2D eigenvalue weighted by molar-refractivity contribution is 6.62. The van der Waals surface area contributed by atoms with Gasteiger partial charge in [0, 0.05) is 48.3 Å². The monoisotopic (exact) mass is 903 g/mol. The zero-order chi connectivity index (χ0) is 47.0. The maximum atomic E-state index is 13.9. The summed E-state index contributed by atoms with van der Waals surface area (Å²) in [5.74, 6) is -0.592. The van der Waals surface area contributed by atoms with Crippen molar-refractivity contribution in [3.05, 3.63) is 76.9 Å². The first kappa shape index (κ1) is 46.1. The number of hydrogen-bond donors (Lipinski definition) is 2. The highest BCUT2D eigenvalue weighted by Crippen LogP contribution is 2.56. The van der Waals surface area contributed by atoms with E-state index in [-0.39, 0.29) is 81.0 Å². The molecule has 1 unspecified atom stereocenters. The lowest BCUT2D eigenvalue weighted by Crippen LogP contribution is -2.41. The minimum absolute atomic E-state index is 0.0188. The summed E-state index contributed by atoms with van der Waals surface area (Å²) in [6.45, 7) is 16.4. The second-order valence-corrected chi connectivity index (χ2v) is 20.4. The van der Waals surface area contributed by atoms with Crippen molar-refractivity contribution in [1.82, 2.24) is 10.2 Å². The molecule has 66 heavy (non-hydrogen) atoms. The lowest BCUT2D eigenvalue weighted by molar-refractivity contribution is -0.140. The van der Waals surface area contributed by atoms with Gasteiger partial charge < -0.3 is 43.5 Å². The summed E-state index contributed by atoms with van der Waals surface area (Å²) in [4.78, 5) is 66.3. The maximum absolute atomic E-state index is 13.9. The van der Waals surface area contributed by atoms with E-state index in [1.165, 1.54) is 4.90 Å². The number of benzene rings is 3. The van der Waals surface area contributed by atoms with Gasteiger partial charge in [0.05, 0.1) is 53.5 Å². The molecule has 9 rings (SSSR count). The second-order valence-electron chi connectivity index (χ2n) is 20.4. The third-order valence-corrected chi connectivity index (χ3v) is 15.0. The van der Waals surface area contributed by atoms with E-state index in [0.29, 0.717) is 39.4 Å². The van der Waals surface area contributed by atoms with Gasteiger partial charge >= 0.3 is 20.2 Å². The van der Waals surface area contributed by atoms with Gasteiger partial charge in [-0.05, 0) is 115 Å². The second kappa shape index (κ2) is 16.9. The number of carbonyl (C=O) groups is 5. The van der Waals surface area contributed by atoms with E-state index in [1.807, 2.05) is 91.8 Å². The predicted molar refractivity (Wildman–Crippen MR) is 245 cm³/mol. The molecule has 6 aliphatic rings. The molecule has 1 atom stereocenters. The molecule has 4 amide bonds. The lowest BCUT2D eigenvalue weighted by atomic mass is 9.72. The van der Waals surface area contributed by atoms with Crippen LogP contribution < -0.4 is 26.3 Å². The summed E-state index contributed by atoms with van der Waals surface area (Å²) in [6, 6.07) is 16.3. The van der Waals surface area contributed by atoms with Crippen LogP contribution in [0, 0.1) is 11.8 Å². The van der Waals surface area contributed by atoms with E-state index in [2.05, 4.69) is 10.6 Å². The van der Waals surface area contributed by atoms with Gasteiger partial charge in [-0.2, -0.15) is 0 Å². The number of ether oxygens (including phenoxy) is 3. The summed E-state index contributed by atoms with van der Waals surface area (Å²) in [5, 5.41) is 5.71. The van der Waals surface area contributed by atoms with Crippen molar-refractivity contribution in [2.45, 2.75) is 128 Å². The van der Waals surface area contributed by atoms with Crippen molar-refractivity contribution in [2.75, 3.05) is 31.6 Å². The van der Waals surface area contributed by atoms with Gasteiger partial charge in [-0.25, -0.2) is 4.79 Å². The SMILES string of the molecule is CC1(C)OB(c2ccc3c(c2)Oc2cc(B4OC(C)(C)C(C)(C)O4)ccc2C32OC(=O)c3ccc(NC(=O)CCOCCNC(=O)CCN4C(=O)CC(C5CCCC5)C4=O)cc32)OC1(C)C. The van der Waals surface area contributed by atoms with Crippen LogP contribution in [0.5, 0.6) is 11.5 Å². The van der Waals surface area contributed by atoms with Crippen LogP contribution in [0.1, 0.15) is 127 Å². The maximum Gasteiger partial charge on any atom is 0.494 e. The number of likely N-dealkylation sites (tertiary alicyclic amines) is 1. The molecule has 2 N–H and O–H groups in total. The summed E-state index contributed by atoms with van der Waals surface area (Å²) in [5.41, 5.74) is 0.171. The van der Waals surface area contributed by atoms with Gasteiger partial charge in [0.15, 0.2) is 5.60 Å². The fraction of sp³-hybridized carbons (Fsp3) is 0.531. The van der Waals surface area contributed by atoms with Gasteiger partial charge in [-0.3, -0.25) is 24.1 Å². The molecule has 1 aliphatic carbocycles. The molecular weight excluding hydrogens is 844 g/mol. The summed E-state index contributed by atoms with van der Waals surface area (Å²) >= 11 is 0. The van der Waals surface area contributed by atoms with E-state index >= 15 is 0 Å². The number of nitrogens with one attached hydrogen (secondary N) is 2. The normalized spacial score (nSPS) is 22.9. The van der Waals surface area contributed by atoms with E-state index in [0.717, 1.165) is 36.6 Å². The Bertz CT molecular complexity index is 2360. The Morgan fingerprint density at radius 3 is 1.86 bits per heavy atom. The molecular formula is C49H59B2N3O12. The molecule has 0 bridgehead atoms. The third kappa shape index (κ3) is 8.14. The molecule has 5 heterocycles.